The molecule has 2 aromatic heterocycles. The zero-order chi connectivity index (χ0) is 15.9. The third kappa shape index (κ3) is 2.83. The number of carbonyl (C=O) groups excluding carboxylic acids is 1. The van der Waals surface area contributed by atoms with Crippen LogP contribution in [0, 0.1) is 6.92 Å². The Morgan fingerprint density at radius 2 is 2.14 bits per heavy atom. The number of nitrogens with one attached hydrogen (secondary N) is 1. The highest BCUT2D eigenvalue weighted by atomic mass is 35.5. The van der Waals surface area contributed by atoms with Gasteiger partial charge in [-0.05, 0) is 18.6 Å². The Kier molecular flexibility index (Phi) is 3.64. The van der Waals surface area contributed by atoms with Crippen LogP contribution in [0.2, 0.25) is 5.15 Å². The molecule has 0 saturated carbocycles. The minimum atomic E-state index is -2.72. The monoisotopic (exact) mass is 330 g/mol. The first-order chi connectivity index (χ1) is 10.4. The maximum atomic E-state index is 13.1. The molecule has 1 amide bonds. The van der Waals surface area contributed by atoms with Crippen molar-refractivity contribution in [3.8, 4) is 5.88 Å². The molecule has 0 aromatic carbocycles. The number of fused-ring (bicyclic) bond motifs is 1. The minimum Gasteiger partial charge on any atom is -0.389 e. The third-order valence-corrected chi connectivity index (χ3v) is 3.79. The van der Waals surface area contributed by atoms with E-state index in [0.29, 0.717) is 16.2 Å². The van der Waals surface area contributed by atoms with Crippen molar-refractivity contribution in [2.75, 3.05) is 13.1 Å². The molecule has 0 bridgehead atoms. The number of halogens is 3. The fraction of sp³-hybridized carbons (Fsp3) is 0.462. The van der Waals surface area contributed by atoms with E-state index in [-0.39, 0.29) is 31.8 Å². The van der Waals surface area contributed by atoms with E-state index >= 15 is 0 Å². The Morgan fingerprint density at radius 3 is 2.82 bits per heavy atom. The summed E-state index contributed by atoms with van der Waals surface area (Å²) in [6.07, 6.45) is -1.42. The molecular weight excluding hydrogens is 318 g/mol. The van der Waals surface area contributed by atoms with Crippen molar-refractivity contribution in [2.45, 2.75) is 25.7 Å². The summed E-state index contributed by atoms with van der Waals surface area (Å²) in [6.45, 7) is 1.69. The van der Waals surface area contributed by atoms with E-state index in [0.717, 1.165) is 5.56 Å². The summed E-state index contributed by atoms with van der Waals surface area (Å²) < 4.78 is 31.4. The Labute approximate surface area is 129 Å². The molecule has 0 atom stereocenters. The van der Waals surface area contributed by atoms with E-state index in [4.69, 9.17) is 16.3 Å². The van der Waals surface area contributed by atoms with Gasteiger partial charge in [0.15, 0.2) is 5.65 Å². The molecule has 0 radical (unpaired) electrons. The first kappa shape index (κ1) is 15.0. The second-order valence-corrected chi connectivity index (χ2v) is 5.61. The smallest absolute Gasteiger partial charge is 0.389 e. The standard InChI is InChI=1S/C13H13ClF2N4O2/c1-7-6-8(14)17-10-9(7)11(19-18-10)22-12(21)20-4-2-13(15,16)3-5-20/h6H,2-5H2,1H3,(H,17,18,19). The van der Waals surface area contributed by atoms with E-state index < -0.39 is 12.0 Å². The van der Waals surface area contributed by atoms with Crippen molar-refractivity contribution in [2.24, 2.45) is 0 Å². The molecular formula is C13H13ClF2N4O2. The number of piperidine rings is 1. The van der Waals surface area contributed by atoms with Crippen LogP contribution in [-0.4, -0.2) is 45.2 Å². The van der Waals surface area contributed by atoms with E-state index in [9.17, 15) is 13.6 Å². The molecule has 1 aliphatic rings. The molecule has 3 heterocycles. The van der Waals surface area contributed by atoms with E-state index in [1.807, 2.05) is 0 Å². The molecule has 9 heteroatoms. The van der Waals surface area contributed by atoms with Crippen molar-refractivity contribution < 1.29 is 18.3 Å². The van der Waals surface area contributed by atoms with Gasteiger partial charge in [0.1, 0.15) is 5.15 Å². The number of pyridine rings is 1. The summed E-state index contributed by atoms with van der Waals surface area (Å²) in [4.78, 5) is 17.3. The van der Waals surface area contributed by atoms with Gasteiger partial charge in [-0.25, -0.2) is 18.6 Å². The molecule has 2 aromatic rings. The van der Waals surface area contributed by atoms with Crippen LogP contribution in [0.5, 0.6) is 5.88 Å². The second kappa shape index (κ2) is 5.35. The van der Waals surface area contributed by atoms with Crippen molar-refractivity contribution in [3.05, 3.63) is 16.8 Å². The number of amides is 1. The molecule has 0 aliphatic carbocycles. The number of aromatic nitrogens is 3. The van der Waals surface area contributed by atoms with Gasteiger partial charge in [0.2, 0.25) is 0 Å². The summed E-state index contributed by atoms with van der Waals surface area (Å²) in [5, 5.41) is 7.36. The van der Waals surface area contributed by atoms with Gasteiger partial charge < -0.3 is 9.64 Å². The fourth-order valence-electron chi connectivity index (χ4n) is 2.38. The maximum absolute atomic E-state index is 13.1. The molecule has 6 nitrogen and oxygen atoms in total. The molecule has 1 aliphatic heterocycles. The van der Waals surface area contributed by atoms with Gasteiger partial charge in [0, 0.05) is 25.9 Å². The second-order valence-electron chi connectivity index (χ2n) is 5.23. The first-order valence-corrected chi connectivity index (χ1v) is 7.09. The molecule has 1 saturated heterocycles. The Hall–Kier alpha value is -1.96. The molecule has 3 rings (SSSR count). The van der Waals surface area contributed by atoms with Crippen LogP contribution in [0.4, 0.5) is 13.6 Å². The van der Waals surface area contributed by atoms with Crippen LogP contribution < -0.4 is 4.74 Å². The summed E-state index contributed by atoms with van der Waals surface area (Å²) in [5.74, 6) is -2.65. The number of aryl methyl sites for hydroxylation is 1. The highest BCUT2D eigenvalue weighted by Gasteiger charge is 2.36. The normalized spacial score (nSPS) is 17.7. The lowest BCUT2D eigenvalue weighted by atomic mass is 10.1. The van der Waals surface area contributed by atoms with E-state index in [1.54, 1.807) is 13.0 Å². The van der Waals surface area contributed by atoms with Crippen LogP contribution >= 0.6 is 11.6 Å². The number of rotatable bonds is 1. The number of H-pyrrole nitrogens is 1. The van der Waals surface area contributed by atoms with Crippen LogP contribution in [-0.2, 0) is 0 Å². The number of hydrogen-bond acceptors (Lipinski definition) is 4. The lowest BCUT2D eigenvalue weighted by molar-refractivity contribution is -0.0497. The van der Waals surface area contributed by atoms with Gasteiger partial charge in [-0.2, -0.15) is 0 Å². The van der Waals surface area contributed by atoms with Crippen molar-refractivity contribution >= 4 is 28.7 Å². The highest BCUT2D eigenvalue weighted by Crippen LogP contribution is 2.30. The quantitative estimate of drug-likeness (QED) is 0.815. The molecule has 118 valence electrons. The van der Waals surface area contributed by atoms with Crippen LogP contribution in [0.15, 0.2) is 6.07 Å². The SMILES string of the molecule is Cc1cc(Cl)nc2[nH]nc(OC(=O)N3CCC(F)(F)CC3)c12. The lowest BCUT2D eigenvalue weighted by Crippen LogP contribution is -2.44. The summed E-state index contributed by atoms with van der Waals surface area (Å²) in [5.41, 5.74) is 1.15. The summed E-state index contributed by atoms with van der Waals surface area (Å²) >= 11 is 5.84. The predicted molar refractivity (Wildman–Crippen MR) is 75.4 cm³/mol. The zero-order valence-corrected chi connectivity index (χ0v) is 12.5. The highest BCUT2D eigenvalue weighted by molar-refractivity contribution is 6.29. The zero-order valence-electron chi connectivity index (χ0n) is 11.7. The minimum absolute atomic E-state index is 0.0444. The summed E-state index contributed by atoms with van der Waals surface area (Å²) in [7, 11) is 0. The van der Waals surface area contributed by atoms with Gasteiger partial charge in [0.05, 0.1) is 5.39 Å². The predicted octanol–water partition coefficient (Wildman–Crippen LogP) is 3.15. The number of nitrogens with zero attached hydrogens (tertiary/aromatic N) is 3. The molecule has 1 fully saturated rings. The Bertz CT molecular complexity index is 724. The molecule has 1 N–H and O–H groups in total. The number of alkyl halides is 2. The average molecular weight is 331 g/mol. The van der Waals surface area contributed by atoms with Crippen LogP contribution in [0.1, 0.15) is 18.4 Å². The number of hydrogen-bond donors (Lipinski definition) is 1. The van der Waals surface area contributed by atoms with Gasteiger partial charge in [-0.15, -0.1) is 5.10 Å². The van der Waals surface area contributed by atoms with Gasteiger partial charge in [0.25, 0.3) is 11.8 Å². The van der Waals surface area contributed by atoms with Crippen LogP contribution in [0.25, 0.3) is 11.0 Å². The Morgan fingerprint density at radius 1 is 1.45 bits per heavy atom. The summed E-state index contributed by atoms with van der Waals surface area (Å²) in [6, 6.07) is 1.62. The third-order valence-electron chi connectivity index (χ3n) is 3.60. The maximum Gasteiger partial charge on any atom is 0.416 e. The number of ether oxygens (including phenoxy) is 1. The van der Waals surface area contributed by atoms with E-state index in [2.05, 4.69) is 15.2 Å². The first-order valence-electron chi connectivity index (χ1n) is 6.71. The topological polar surface area (TPSA) is 71.1 Å². The van der Waals surface area contributed by atoms with Crippen LogP contribution in [0.3, 0.4) is 0 Å². The Balaban J connectivity index is 1.78. The molecule has 0 spiro atoms. The largest absolute Gasteiger partial charge is 0.416 e. The molecule has 22 heavy (non-hydrogen) atoms. The van der Waals surface area contributed by atoms with Crippen molar-refractivity contribution in [3.63, 3.8) is 0 Å². The van der Waals surface area contributed by atoms with Crippen molar-refractivity contribution in [1.82, 2.24) is 20.1 Å². The van der Waals surface area contributed by atoms with Crippen molar-refractivity contribution in [1.29, 1.82) is 0 Å². The van der Waals surface area contributed by atoms with E-state index in [1.165, 1.54) is 4.90 Å². The number of aromatic amines is 1. The fourth-order valence-corrected chi connectivity index (χ4v) is 2.63. The van der Waals surface area contributed by atoms with Gasteiger partial charge in [-0.3, -0.25) is 5.10 Å². The molecule has 0 unspecified atom stereocenters. The number of carbonyl (C=O) groups is 1. The average Bonchev–Trinajstić information content (AvgIpc) is 2.81. The number of likely N-dealkylation sites (tertiary alicyclic amines) is 1. The van der Waals surface area contributed by atoms with Gasteiger partial charge in [-0.1, -0.05) is 11.6 Å². The lowest BCUT2D eigenvalue weighted by Gasteiger charge is -2.30. The van der Waals surface area contributed by atoms with Gasteiger partial charge >= 0.3 is 6.09 Å².